The van der Waals surface area contributed by atoms with Crippen molar-refractivity contribution in [1.82, 2.24) is 4.31 Å². The van der Waals surface area contributed by atoms with Crippen molar-refractivity contribution in [2.45, 2.75) is 23.8 Å². The number of nitrogens with zero attached hydrogens (tertiary/aromatic N) is 2. The van der Waals surface area contributed by atoms with E-state index in [1.807, 2.05) is 37.2 Å². The first-order valence-electron chi connectivity index (χ1n) is 7.78. The van der Waals surface area contributed by atoms with Crippen LogP contribution in [0.2, 0.25) is 0 Å². The SMILES string of the molecule is CN(C)c1cccc2c(S(=O)(=O)N3CCC[C@H]3C(=O)O)cccc12. The second kappa shape index (κ2) is 6.07. The van der Waals surface area contributed by atoms with Crippen molar-refractivity contribution in [1.29, 1.82) is 0 Å². The Balaban J connectivity index is 2.19. The number of benzene rings is 2. The van der Waals surface area contributed by atoms with Gasteiger partial charge in [0.1, 0.15) is 6.04 Å². The number of hydrogen-bond acceptors (Lipinski definition) is 4. The van der Waals surface area contributed by atoms with Crippen LogP contribution in [0.15, 0.2) is 41.3 Å². The molecule has 1 aliphatic heterocycles. The van der Waals surface area contributed by atoms with Gasteiger partial charge in [0.05, 0.1) is 4.90 Å². The Bertz CT molecular complexity index is 893. The fourth-order valence-corrected chi connectivity index (χ4v) is 5.14. The van der Waals surface area contributed by atoms with Gasteiger partial charge in [-0.1, -0.05) is 24.3 Å². The van der Waals surface area contributed by atoms with Gasteiger partial charge in [0.15, 0.2) is 0 Å². The van der Waals surface area contributed by atoms with Crippen LogP contribution in [-0.2, 0) is 14.8 Å². The van der Waals surface area contributed by atoms with E-state index < -0.39 is 22.0 Å². The molecule has 1 saturated heterocycles. The van der Waals surface area contributed by atoms with Crippen molar-refractivity contribution in [2.75, 3.05) is 25.5 Å². The predicted molar refractivity (Wildman–Crippen MR) is 92.8 cm³/mol. The minimum atomic E-state index is -3.87. The highest BCUT2D eigenvalue weighted by atomic mass is 32.2. The average molecular weight is 348 g/mol. The molecular weight excluding hydrogens is 328 g/mol. The summed E-state index contributed by atoms with van der Waals surface area (Å²) in [6.07, 6.45) is 0.909. The molecule has 6 nitrogen and oxygen atoms in total. The Kier molecular flexibility index (Phi) is 4.23. The van der Waals surface area contributed by atoms with Gasteiger partial charge in [0.25, 0.3) is 0 Å². The number of hydrogen-bond donors (Lipinski definition) is 1. The maximum absolute atomic E-state index is 13.1. The first-order valence-corrected chi connectivity index (χ1v) is 9.22. The molecule has 1 fully saturated rings. The van der Waals surface area contributed by atoms with E-state index in [0.29, 0.717) is 18.2 Å². The average Bonchev–Trinajstić information content (AvgIpc) is 3.04. The topological polar surface area (TPSA) is 77.9 Å². The van der Waals surface area contributed by atoms with Gasteiger partial charge in [-0.15, -0.1) is 0 Å². The Morgan fingerprint density at radius 3 is 2.50 bits per heavy atom. The molecule has 0 saturated carbocycles. The summed E-state index contributed by atoms with van der Waals surface area (Å²) in [6.45, 7) is 0.239. The zero-order valence-electron chi connectivity index (χ0n) is 13.6. The number of sulfonamides is 1. The van der Waals surface area contributed by atoms with Crippen LogP contribution >= 0.6 is 0 Å². The Morgan fingerprint density at radius 1 is 1.17 bits per heavy atom. The standard InChI is InChI=1S/C17H20N2O4S/c1-18(2)14-8-3-7-13-12(14)6-4-10-16(13)24(22,23)19-11-5-9-15(19)17(20)21/h3-4,6-8,10,15H,5,9,11H2,1-2H3,(H,20,21)/t15-/m0/s1. The molecule has 24 heavy (non-hydrogen) atoms. The van der Waals surface area contributed by atoms with Crippen LogP contribution in [0.4, 0.5) is 5.69 Å². The molecule has 1 N–H and O–H groups in total. The molecule has 1 atom stereocenters. The van der Waals surface area contributed by atoms with Crippen LogP contribution in [0, 0.1) is 0 Å². The van der Waals surface area contributed by atoms with E-state index in [-0.39, 0.29) is 11.4 Å². The van der Waals surface area contributed by atoms with E-state index in [9.17, 15) is 18.3 Å². The third-order valence-corrected chi connectivity index (χ3v) is 6.38. The maximum atomic E-state index is 13.1. The molecule has 0 radical (unpaired) electrons. The highest BCUT2D eigenvalue weighted by Crippen LogP contribution is 2.34. The van der Waals surface area contributed by atoms with Crippen LogP contribution in [0.3, 0.4) is 0 Å². The van der Waals surface area contributed by atoms with Crippen molar-refractivity contribution in [3.05, 3.63) is 36.4 Å². The third-order valence-electron chi connectivity index (χ3n) is 4.42. The number of fused-ring (bicyclic) bond motifs is 1. The van der Waals surface area contributed by atoms with Crippen molar-refractivity contribution >= 4 is 32.5 Å². The molecule has 2 aromatic rings. The maximum Gasteiger partial charge on any atom is 0.322 e. The lowest BCUT2D eigenvalue weighted by Gasteiger charge is -2.23. The van der Waals surface area contributed by atoms with Crippen LogP contribution in [0.25, 0.3) is 10.8 Å². The molecule has 1 heterocycles. The highest BCUT2D eigenvalue weighted by Gasteiger charge is 2.40. The molecule has 0 unspecified atom stereocenters. The third kappa shape index (κ3) is 2.63. The van der Waals surface area contributed by atoms with E-state index in [0.717, 1.165) is 15.4 Å². The van der Waals surface area contributed by atoms with Crippen molar-refractivity contribution in [3.8, 4) is 0 Å². The second-order valence-electron chi connectivity index (χ2n) is 6.13. The fourth-order valence-electron chi connectivity index (χ4n) is 3.28. The lowest BCUT2D eigenvalue weighted by Crippen LogP contribution is -2.40. The van der Waals surface area contributed by atoms with Gasteiger partial charge in [-0.25, -0.2) is 8.42 Å². The van der Waals surface area contributed by atoms with Crippen LogP contribution in [0.5, 0.6) is 0 Å². The van der Waals surface area contributed by atoms with E-state index in [4.69, 9.17) is 0 Å². The molecule has 0 amide bonds. The zero-order valence-corrected chi connectivity index (χ0v) is 14.5. The van der Waals surface area contributed by atoms with Crippen LogP contribution in [-0.4, -0.2) is 50.5 Å². The van der Waals surface area contributed by atoms with Crippen molar-refractivity contribution in [3.63, 3.8) is 0 Å². The summed E-state index contributed by atoms with van der Waals surface area (Å²) in [5.41, 5.74) is 0.917. The van der Waals surface area contributed by atoms with Crippen LogP contribution < -0.4 is 4.90 Å². The largest absolute Gasteiger partial charge is 0.480 e. The molecule has 7 heteroatoms. The fraction of sp³-hybridized carbons (Fsp3) is 0.353. The smallest absolute Gasteiger partial charge is 0.322 e. The number of aliphatic carboxylic acids is 1. The minimum absolute atomic E-state index is 0.164. The first-order chi connectivity index (χ1) is 11.3. The minimum Gasteiger partial charge on any atom is -0.480 e. The van der Waals surface area contributed by atoms with Gasteiger partial charge in [-0.2, -0.15) is 4.31 Å². The summed E-state index contributed by atoms with van der Waals surface area (Å²) in [6, 6.07) is 9.65. The van der Waals surface area contributed by atoms with Gasteiger partial charge in [-0.05, 0) is 25.0 Å². The van der Waals surface area contributed by atoms with E-state index in [1.165, 1.54) is 0 Å². The number of carboxylic acid groups (broad SMARTS) is 1. The van der Waals surface area contributed by atoms with Crippen LogP contribution in [0.1, 0.15) is 12.8 Å². The normalized spacial score (nSPS) is 18.8. The monoisotopic (exact) mass is 348 g/mol. The summed E-state index contributed by atoms with van der Waals surface area (Å²) in [4.78, 5) is 13.5. The van der Waals surface area contributed by atoms with Gasteiger partial charge < -0.3 is 10.0 Å². The van der Waals surface area contributed by atoms with Gasteiger partial charge >= 0.3 is 5.97 Å². The molecule has 0 bridgehead atoms. The molecule has 2 aromatic carbocycles. The summed E-state index contributed by atoms with van der Waals surface area (Å²) >= 11 is 0. The summed E-state index contributed by atoms with van der Waals surface area (Å²) < 4.78 is 27.3. The Morgan fingerprint density at radius 2 is 1.83 bits per heavy atom. The summed E-state index contributed by atoms with van der Waals surface area (Å²) in [5, 5.41) is 10.8. The van der Waals surface area contributed by atoms with Gasteiger partial charge in [0, 0.05) is 37.1 Å². The second-order valence-corrected chi connectivity index (χ2v) is 7.99. The molecular formula is C17H20N2O4S. The zero-order chi connectivity index (χ0) is 17.5. The molecule has 128 valence electrons. The number of carboxylic acids is 1. The van der Waals surface area contributed by atoms with Crippen molar-refractivity contribution in [2.24, 2.45) is 0 Å². The summed E-state index contributed by atoms with van der Waals surface area (Å²) in [5.74, 6) is -1.09. The molecule has 3 rings (SSSR count). The lowest BCUT2D eigenvalue weighted by molar-refractivity contribution is -0.140. The van der Waals surface area contributed by atoms with E-state index >= 15 is 0 Å². The molecule has 0 spiro atoms. The highest BCUT2D eigenvalue weighted by molar-refractivity contribution is 7.89. The van der Waals surface area contributed by atoms with Gasteiger partial charge in [-0.3, -0.25) is 4.79 Å². The number of rotatable bonds is 4. The number of anilines is 1. The first kappa shape index (κ1) is 16.7. The van der Waals surface area contributed by atoms with E-state index in [2.05, 4.69) is 0 Å². The molecule has 1 aliphatic rings. The molecule has 0 aliphatic carbocycles. The Labute approximate surface area is 141 Å². The number of carbonyl (C=O) groups is 1. The van der Waals surface area contributed by atoms with Crippen molar-refractivity contribution < 1.29 is 18.3 Å². The van der Waals surface area contributed by atoms with Gasteiger partial charge in [0.2, 0.25) is 10.0 Å². The summed E-state index contributed by atoms with van der Waals surface area (Å²) in [7, 11) is -0.0686. The Hall–Kier alpha value is -2.12. The lowest BCUT2D eigenvalue weighted by atomic mass is 10.1. The quantitative estimate of drug-likeness (QED) is 0.916. The molecule has 0 aromatic heterocycles. The van der Waals surface area contributed by atoms with E-state index in [1.54, 1.807) is 18.2 Å². The predicted octanol–water partition coefficient (Wildman–Crippen LogP) is 2.14.